The van der Waals surface area contributed by atoms with Crippen molar-refractivity contribution in [1.29, 1.82) is 10.5 Å². The zero-order valence-corrected chi connectivity index (χ0v) is 10.1. The maximum Gasteiger partial charge on any atom is 0 e. The summed E-state index contributed by atoms with van der Waals surface area (Å²) < 4.78 is 0. The van der Waals surface area contributed by atoms with Gasteiger partial charge in [-0.2, -0.15) is 0 Å². The molecule has 12 heteroatoms. The van der Waals surface area contributed by atoms with E-state index < -0.39 is 0 Å². The Labute approximate surface area is 116 Å². The molecule has 2 radical (unpaired) electrons. The van der Waals surface area contributed by atoms with Crippen LogP contribution in [0.15, 0.2) is 0 Å². The fourth-order valence-electron chi connectivity index (χ4n) is 0. The summed E-state index contributed by atoms with van der Waals surface area (Å²) in [6.45, 7) is 0. The Kier molecular flexibility index (Phi) is 4000. The predicted molar refractivity (Wildman–Crippen MR) is 54.3 cm³/mol. The molecule has 102 valence electrons. The molecule has 12 N–H and O–H groups in total. The second-order valence-corrected chi connectivity index (χ2v) is 0.548. The van der Waals surface area contributed by atoms with Crippen LogP contribution in [0.25, 0.3) is 24.6 Å². The third-order valence-electron chi connectivity index (χ3n) is 0. The Morgan fingerprint density at radius 1 is 0.643 bits per heavy atom. The van der Waals surface area contributed by atoms with E-state index in [1.54, 1.807) is 0 Å². The Hall–Kier alpha value is 0.219. The van der Waals surface area contributed by atoms with Crippen molar-refractivity contribution >= 4 is 25.3 Å². The van der Waals surface area contributed by atoms with Crippen molar-refractivity contribution < 1.29 is 45.1 Å². The van der Waals surface area contributed by atoms with Crippen molar-refractivity contribution in [2.24, 2.45) is 0 Å². The van der Waals surface area contributed by atoms with E-state index >= 15 is 0 Å². The molecule has 0 saturated heterocycles. The number of hydrogen-bond acceptors (Lipinski definition) is 4. The minimum Gasteiger partial charge on any atom is -0.696 e. The second-order valence-electron chi connectivity index (χ2n) is 0.183. The SMILES string of the molecule is N#C[S-].N#C[S-].O.O.[Cu].[Cu].[NH2-].[NH2-].[NH2-].[NH2-]. The molecule has 0 bridgehead atoms. The first-order valence-corrected chi connectivity index (χ1v) is 1.67. The zero-order valence-electron chi connectivity index (χ0n) is 6.62. The van der Waals surface area contributed by atoms with Crippen molar-refractivity contribution in [3.63, 3.8) is 0 Å². The van der Waals surface area contributed by atoms with Gasteiger partial charge in [0, 0.05) is 34.1 Å². The standard InChI is InChI=1S/2CHNS.2Cu.4H2N.2H2O/c2*2-1-3;;;;;;;;/h2*3H;;;6*1H2/q;;;;4*-1;;/p-2. The number of thiocyanates is 2. The summed E-state index contributed by atoms with van der Waals surface area (Å²) in [6, 6.07) is 0. The van der Waals surface area contributed by atoms with E-state index in [9.17, 15) is 0 Å². The third-order valence-corrected chi connectivity index (χ3v) is 0. The van der Waals surface area contributed by atoms with Crippen LogP contribution in [0.5, 0.6) is 0 Å². The predicted octanol–water partition coefficient (Wildman–Crippen LogP) is 1.24. The third kappa shape index (κ3) is 32100. The van der Waals surface area contributed by atoms with E-state index in [2.05, 4.69) is 25.3 Å². The maximum absolute atomic E-state index is 7.13. The van der Waals surface area contributed by atoms with Gasteiger partial charge in [0.1, 0.15) is 0 Å². The molecule has 0 spiro atoms. The minimum absolute atomic E-state index is 0. The van der Waals surface area contributed by atoms with Crippen LogP contribution in [0.3, 0.4) is 0 Å². The van der Waals surface area contributed by atoms with E-state index in [4.69, 9.17) is 10.5 Å². The van der Waals surface area contributed by atoms with Crippen molar-refractivity contribution in [2.45, 2.75) is 0 Å². The van der Waals surface area contributed by atoms with Crippen molar-refractivity contribution in [3.8, 4) is 10.8 Å². The van der Waals surface area contributed by atoms with Gasteiger partial charge in [-0.3, -0.25) is 0 Å². The van der Waals surface area contributed by atoms with Crippen molar-refractivity contribution in [3.05, 3.63) is 24.6 Å². The first-order valence-electron chi connectivity index (χ1n) is 0.855. The quantitative estimate of drug-likeness (QED) is 0.357. The molecular weight excluding hydrogens is 331 g/mol. The van der Waals surface area contributed by atoms with Crippen LogP contribution in [0.4, 0.5) is 0 Å². The molecule has 0 fully saturated rings. The molecule has 0 atom stereocenters. The van der Waals surface area contributed by atoms with E-state index in [1.807, 2.05) is 0 Å². The van der Waals surface area contributed by atoms with Gasteiger partial charge in [-0.1, -0.05) is 10.8 Å². The number of nitrogens with zero attached hydrogens (tertiary/aromatic N) is 2. The second kappa shape index (κ2) is 401. The summed E-state index contributed by atoms with van der Waals surface area (Å²) in [4.78, 5) is 0. The summed E-state index contributed by atoms with van der Waals surface area (Å²) in [6.07, 6.45) is 0. The van der Waals surface area contributed by atoms with E-state index in [1.165, 1.54) is 10.8 Å². The van der Waals surface area contributed by atoms with E-state index in [-0.39, 0.29) is 69.7 Å². The van der Waals surface area contributed by atoms with Crippen LogP contribution in [0, 0.1) is 21.3 Å². The molecule has 8 nitrogen and oxygen atoms in total. The molecule has 0 aromatic carbocycles. The van der Waals surface area contributed by atoms with Crippen LogP contribution < -0.4 is 0 Å². The van der Waals surface area contributed by atoms with Crippen LogP contribution in [-0.4, -0.2) is 11.0 Å². The Bertz CT molecular complexity index is 84.8. The maximum atomic E-state index is 7.13. The summed E-state index contributed by atoms with van der Waals surface area (Å²) in [5, 5.41) is 16.9. The smallest absolute Gasteiger partial charge is 0 e. The van der Waals surface area contributed by atoms with Gasteiger partial charge in [0.2, 0.25) is 0 Å². The van der Waals surface area contributed by atoms with Crippen molar-refractivity contribution in [2.75, 3.05) is 0 Å². The molecule has 0 aliphatic heterocycles. The fourth-order valence-corrected chi connectivity index (χ4v) is 0. The zero-order chi connectivity index (χ0) is 5.41. The van der Waals surface area contributed by atoms with Gasteiger partial charge < -0.3 is 60.8 Å². The van der Waals surface area contributed by atoms with Gasteiger partial charge in [0.25, 0.3) is 0 Å². The van der Waals surface area contributed by atoms with Gasteiger partial charge >= 0.3 is 0 Å². The topological polar surface area (TPSA) is 245 Å². The molecule has 0 rings (SSSR count). The molecule has 0 amide bonds. The molecular formula is C2H12Cu2N6O2S2-6. The monoisotopic (exact) mass is 342 g/mol. The van der Waals surface area contributed by atoms with Crippen LogP contribution in [-0.2, 0) is 59.4 Å². The summed E-state index contributed by atoms with van der Waals surface area (Å²) in [5.74, 6) is 0. The fraction of sp³-hybridized carbons (Fsp3) is 0. The molecule has 0 aliphatic carbocycles. The van der Waals surface area contributed by atoms with Crippen LogP contribution >= 0.6 is 0 Å². The molecule has 0 aromatic heterocycles. The van der Waals surface area contributed by atoms with Gasteiger partial charge in [0.15, 0.2) is 0 Å². The van der Waals surface area contributed by atoms with Gasteiger partial charge in [-0.15, -0.1) is 0 Å². The molecule has 0 aliphatic rings. The molecule has 0 saturated carbocycles. The average Bonchev–Trinajstić information content (AvgIpc) is 1.39. The number of rotatable bonds is 0. The number of nitrogens with two attached hydrogens (primary N) is 4. The summed E-state index contributed by atoms with van der Waals surface area (Å²) in [5.41, 5.74) is 0. The molecule has 0 heterocycles. The normalized spacial score (nSPS) is 1.00. The van der Waals surface area contributed by atoms with Crippen molar-refractivity contribution in [1.82, 2.24) is 0 Å². The Morgan fingerprint density at radius 3 is 0.643 bits per heavy atom. The molecule has 0 unspecified atom stereocenters. The molecule has 0 aromatic rings. The first kappa shape index (κ1) is 140. The van der Waals surface area contributed by atoms with Gasteiger partial charge in [-0.25, -0.2) is 10.5 Å². The molecule has 14 heavy (non-hydrogen) atoms. The minimum atomic E-state index is 0. The van der Waals surface area contributed by atoms with Gasteiger partial charge in [0.05, 0.1) is 0 Å². The van der Waals surface area contributed by atoms with Crippen LogP contribution in [0.2, 0.25) is 0 Å². The average molecular weight is 343 g/mol. The summed E-state index contributed by atoms with van der Waals surface area (Å²) >= 11 is 7.40. The Morgan fingerprint density at radius 2 is 0.643 bits per heavy atom. The summed E-state index contributed by atoms with van der Waals surface area (Å²) in [7, 11) is 0. The van der Waals surface area contributed by atoms with E-state index in [0.717, 1.165) is 0 Å². The van der Waals surface area contributed by atoms with E-state index in [0.29, 0.717) is 0 Å². The number of nitriles is 2. The largest absolute Gasteiger partial charge is 0.696 e. The number of hydrogen-bond donors (Lipinski definition) is 0. The van der Waals surface area contributed by atoms with Crippen LogP contribution in [0.1, 0.15) is 0 Å². The first-order chi connectivity index (χ1) is 2.83. The van der Waals surface area contributed by atoms with Gasteiger partial charge in [-0.05, 0) is 0 Å². The Balaban J connectivity index is -0.00000000182.